The second-order valence-corrected chi connectivity index (χ2v) is 5.48. The molecule has 0 aliphatic heterocycles. The summed E-state index contributed by atoms with van der Waals surface area (Å²) in [6.07, 6.45) is 4.28. The van der Waals surface area contributed by atoms with Crippen LogP contribution in [0.3, 0.4) is 0 Å². The van der Waals surface area contributed by atoms with E-state index in [9.17, 15) is 0 Å². The van der Waals surface area contributed by atoms with E-state index in [0.29, 0.717) is 11.1 Å². The smallest absolute Gasteiger partial charge is 0.150 e. The third kappa shape index (κ3) is 3.11. The lowest BCUT2D eigenvalue weighted by Gasteiger charge is -2.14. The molecule has 20 heavy (non-hydrogen) atoms. The van der Waals surface area contributed by atoms with Crippen molar-refractivity contribution in [3.8, 4) is 11.5 Å². The molecule has 2 aromatic rings. The van der Waals surface area contributed by atoms with Crippen LogP contribution in [0.25, 0.3) is 0 Å². The van der Waals surface area contributed by atoms with Gasteiger partial charge in [0.25, 0.3) is 0 Å². The molecule has 0 spiro atoms. The Morgan fingerprint density at radius 1 is 1.30 bits per heavy atom. The van der Waals surface area contributed by atoms with Crippen molar-refractivity contribution in [3.05, 3.63) is 52.8 Å². The quantitative estimate of drug-likeness (QED) is 0.900. The summed E-state index contributed by atoms with van der Waals surface area (Å²) in [6, 6.07) is 10.3. The van der Waals surface area contributed by atoms with E-state index in [1.807, 2.05) is 37.3 Å². The summed E-state index contributed by atoms with van der Waals surface area (Å²) in [7, 11) is 0. The molecular formula is C16H17ClN2O. The Morgan fingerprint density at radius 3 is 2.90 bits per heavy atom. The molecule has 1 aliphatic carbocycles. The fraction of sp³-hybridized carbons (Fsp3) is 0.312. The van der Waals surface area contributed by atoms with E-state index in [1.165, 1.54) is 12.8 Å². The minimum Gasteiger partial charge on any atom is -0.454 e. The van der Waals surface area contributed by atoms with E-state index >= 15 is 0 Å². The van der Waals surface area contributed by atoms with Crippen LogP contribution in [0, 0.1) is 6.92 Å². The summed E-state index contributed by atoms with van der Waals surface area (Å²) < 4.78 is 5.99. The first kappa shape index (κ1) is 13.4. The maximum absolute atomic E-state index is 6.29. The van der Waals surface area contributed by atoms with Crippen LogP contribution >= 0.6 is 11.6 Å². The van der Waals surface area contributed by atoms with Crippen LogP contribution in [-0.2, 0) is 6.54 Å². The monoisotopic (exact) mass is 288 g/mol. The number of pyridine rings is 1. The highest BCUT2D eigenvalue weighted by molar-refractivity contribution is 6.32. The summed E-state index contributed by atoms with van der Waals surface area (Å²) in [4.78, 5) is 4.24. The number of para-hydroxylation sites is 1. The lowest BCUT2D eigenvalue weighted by molar-refractivity contribution is 0.466. The molecule has 4 heteroatoms. The molecule has 0 radical (unpaired) electrons. The number of halogens is 1. The lowest BCUT2D eigenvalue weighted by atomic mass is 10.2. The van der Waals surface area contributed by atoms with Gasteiger partial charge in [-0.3, -0.25) is 4.98 Å². The highest BCUT2D eigenvalue weighted by Crippen LogP contribution is 2.34. The predicted molar refractivity (Wildman–Crippen MR) is 80.4 cm³/mol. The van der Waals surface area contributed by atoms with Gasteiger partial charge < -0.3 is 10.1 Å². The van der Waals surface area contributed by atoms with Gasteiger partial charge in [0.1, 0.15) is 5.75 Å². The van der Waals surface area contributed by atoms with E-state index in [0.717, 1.165) is 29.3 Å². The first-order valence-electron chi connectivity index (χ1n) is 6.84. The van der Waals surface area contributed by atoms with Gasteiger partial charge in [-0.25, -0.2) is 0 Å². The molecule has 1 N–H and O–H groups in total. The van der Waals surface area contributed by atoms with Crippen LogP contribution < -0.4 is 10.1 Å². The van der Waals surface area contributed by atoms with Gasteiger partial charge in [-0.15, -0.1) is 0 Å². The number of nitrogens with one attached hydrogen (secondary N) is 1. The summed E-state index contributed by atoms with van der Waals surface area (Å²) in [6.45, 7) is 2.70. The zero-order chi connectivity index (χ0) is 13.9. The molecule has 104 valence electrons. The molecule has 0 bridgehead atoms. The number of aromatic nitrogens is 1. The van der Waals surface area contributed by atoms with Crippen LogP contribution in [0.5, 0.6) is 11.5 Å². The Hall–Kier alpha value is -1.58. The van der Waals surface area contributed by atoms with E-state index in [4.69, 9.17) is 16.3 Å². The van der Waals surface area contributed by atoms with Crippen molar-refractivity contribution in [3.63, 3.8) is 0 Å². The van der Waals surface area contributed by atoms with Crippen molar-refractivity contribution in [1.29, 1.82) is 0 Å². The van der Waals surface area contributed by atoms with Crippen LogP contribution in [0.1, 0.15) is 24.1 Å². The van der Waals surface area contributed by atoms with Gasteiger partial charge in [-0.1, -0.05) is 23.7 Å². The number of hydrogen-bond donors (Lipinski definition) is 1. The average Bonchev–Trinajstić information content (AvgIpc) is 3.26. The first-order chi connectivity index (χ1) is 9.74. The zero-order valence-corrected chi connectivity index (χ0v) is 12.2. The van der Waals surface area contributed by atoms with Gasteiger partial charge in [0.05, 0.1) is 10.7 Å². The van der Waals surface area contributed by atoms with Gasteiger partial charge in [0, 0.05) is 24.3 Å². The Morgan fingerprint density at radius 2 is 2.15 bits per heavy atom. The third-order valence-electron chi connectivity index (χ3n) is 3.38. The molecule has 1 aromatic heterocycles. The van der Waals surface area contributed by atoms with Crippen molar-refractivity contribution in [2.45, 2.75) is 32.4 Å². The first-order valence-corrected chi connectivity index (χ1v) is 7.22. The molecule has 1 heterocycles. The molecule has 1 fully saturated rings. The minimum atomic E-state index is 0.628. The maximum atomic E-state index is 6.29. The second-order valence-electron chi connectivity index (χ2n) is 5.07. The van der Waals surface area contributed by atoms with Crippen LogP contribution in [0.4, 0.5) is 0 Å². The van der Waals surface area contributed by atoms with Gasteiger partial charge >= 0.3 is 0 Å². The van der Waals surface area contributed by atoms with Crippen molar-refractivity contribution >= 4 is 11.6 Å². The highest BCUT2D eigenvalue weighted by atomic mass is 35.5. The van der Waals surface area contributed by atoms with Gasteiger partial charge in [0.2, 0.25) is 0 Å². The maximum Gasteiger partial charge on any atom is 0.150 e. The van der Waals surface area contributed by atoms with Crippen LogP contribution in [0.2, 0.25) is 5.02 Å². The third-order valence-corrected chi connectivity index (χ3v) is 3.68. The summed E-state index contributed by atoms with van der Waals surface area (Å²) in [5.74, 6) is 1.46. The van der Waals surface area contributed by atoms with Crippen LogP contribution in [-0.4, -0.2) is 11.0 Å². The average molecular weight is 289 g/mol. The fourth-order valence-corrected chi connectivity index (χ4v) is 2.27. The van der Waals surface area contributed by atoms with E-state index in [2.05, 4.69) is 10.3 Å². The number of benzene rings is 1. The molecule has 0 unspecified atom stereocenters. The van der Waals surface area contributed by atoms with Gasteiger partial charge in [0.15, 0.2) is 5.75 Å². The number of nitrogens with zero attached hydrogens (tertiary/aromatic N) is 1. The molecule has 0 amide bonds. The molecule has 1 saturated carbocycles. The fourth-order valence-electron chi connectivity index (χ4n) is 2.04. The molecule has 3 rings (SSSR count). The molecule has 1 aliphatic rings. The highest BCUT2D eigenvalue weighted by Gasteiger charge is 2.21. The SMILES string of the molecule is Cc1ncccc1Oc1c(Cl)cccc1CNC1CC1. The standard InChI is InChI=1S/C16H17ClN2O/c1-11-15(6-3-9-18-11)20-16-12(4-2-5-14(16)17)10-19-13-7-8-13/h2-6,9,13,19H,7-8,10H2,1H3. The second kappa shape index (κ2) is 5.81. The van der Waals surface area contributed by atoms with Crippen molar-refractivity contribution in [1.82, 2.24) is 10.3 Å². The molecule has 3 nitrogen and oxygen atoms in total. The number of rotatable bonds is 5. The summed E-state index contributed by atoms with van der Waals surface area (Å²) in [5.41, 5.74) is 1.93. The lowest BCUT2D eigenvalue weighted by Crippen LogP contribution is -2.15. The summed E-state index contributed by atoms with van der Waals surface area (Å²) in [5, 5.41) is 4.11. The van der Waals surface area contributed by atoms with Gasteiger partial charge in [-0.2, -0.15) is 0 Å². The predicted octanol–water partition coefficient (Wildman–Crippen LogP) is 4.09. The van der Waals surface area contributed by atoms with Crippen molar-refractivity contribution < 1.29 is 4.74 Å². The number of aryl methyl sites for hydroxylation is 1. The number of ether oxygens (including phenoxy) is 1. The summed E-state index contributed by atoms with van der Waals surface area (Å²) >= 11 is 6.29. The molecule has 0 atom stereocenters. The topological polar surface area (TPSA) is 34.1 Å². The van der Waals surface area contributed by atoms with Crippen LogP contribution in [0.15, 0.2) is 36.5 Å². The largest absolute Gasteiger partial charge is 0.454 e. The molecule has 1 aromatic carbocycles. The van der Waals surface area contributed by atoms with Gasteiger partial charge in [-0.05, 0) is 38.0 Å². The van der Waals surface area contributed by atoms with E-state index < -0.39 is 0 Å². The Balaban J connectivity index is 1.85. The minimum absolute atomic E-state index is 0.628. The van der Waals surface area contributed by atoms with E-state index in [-0.39, 0.29) is 0 Å². The zero-order valence-electron chi connectivity index (χ0n) is 11.4. The Labute approximate surface area is 123 Å². The number of hydrogen-bond acceptors (Lipinski definition) is 3. The Bertz CT molecular complexity index is 611. The van der Waals surface area contributed by atoms with Crippen molar-refractivity contribution in [2.24, 2.45) is 0 Å². The normalized spacial score (nSPS) is 14.3. The van der Waals surface area contributed by atoms with Crippen molar-refractivity contribution in [2.75, 3.05) is 0 Å². The van der Waals surface area contributed by atoms with E-state index in [1.54, 1.807) is 6.20 Å². The molecule has 0 saturated heterocycles. The molecular weight excluding hydrogens is 272 g/mol. The Kier molecular flexibility index (Phi) is 3.90.